The monoisotopic (exact) mass is 330 g/mol. The van der Waals surface area contributed by atoms with E-state index in [1.54, 1.807) is 17.0 Å². The number of benzene rings is 1. The van der Waals surface area contributed by atoms with Crippen molar-refractivity contribution in [3.8, 4) is 11.3 Å². The molecule has 0 aliphatic carbocycles. The van der Waals surface area contributed by atoms with Crippen LogP contribution < -0.4 is 5.73 Å². The first-order valence-electron chi connectivity index (χ1n) is 6.62. The molecule has 5 nitrogen and oxygen atoms in total. The van der Waals surface area contributed by atoms with Crippen LogP contribution in [-0.2, 0) is 0 Å². The average Bonchev–Trinajstić information content (AvgIpc) is 3.24. The van der Waals surface area contributed by atoms with Crippen molar-refractivity contribution in [1.82, 2.24) is 14.6 Å². The fourth-order valence-electron chi connectivity index (χ4n) is 2.28. The van der Waals surface area contributed by atoms with Gasteiger partial charge in [0.15, 0.2) is 0 Å². The molecule has 0 fully saturated rings. The quantitative estimate of drug-likeness (QED) is 0.621. The van der Waals surface area contributed by atoms with Crippen LogP contribution >= 0.6 is 22.9 Å². The van der Waals surface area contributed by atoms with E-state index in [2.05, 4.69) is 10.1 Å². The topological polar surface area (TPSA) is 69.3 Å². The summed E-state index contributed by atoms with van der Waals surface area (Å²) in [6, 6.07) is 10.9. The Morgan fingerprint density at radius 2 is 2.09 bits per heavy atom. The highest BCUT2D eigenvalue weighted by atomic mass is 35.5. The van der Waals surface area contributed by atoms with Gasteiger partial charge in [0.2, 0.25) is 4.96 Å². The molecule has 0 spiro atoms. The van der Waals surface area contributed by atoms with E-state index in [4.69, 9.17) is 21.8 Å². The Hall–Kier alpha value is -2.15. The summed E-state index contributed by atoms with van der Waals surface area (Å²) in [4.78, 5) is 5.17. The summed E-state index contributed by atoms with van der Waals surface area (Å²) in [5, 5.41) is 5.98. The van der Waals surface area contributed by atoms with Gasteiger partial charge in [-0.25, -0.2) is 9.50 Å². The number of aromatic nitrogens is 3. The lowest BCUT2D eigenvalue weighted by Gasteiger charge is -2.03. The SMILES string of the molecule is NC(c1ccco1)c1nn2c(-c3ccccc3Cl)cnc2s1. The number of fused-ring (bicyclic) bond motifs is 1. The van der Waals surface area contributed by atoms with Crippen LogP contribution in [0.4, 0.5) is 0 Å². The molecule has 1 aromatic carbocycles. The molecule has 3 aromatic heterocycles. The molecule has 0 radical (unpaired) electrons. The van der Waals surface area contributed by atoms with Crippen LogP contribution in [0.25, 0.3) is 16.2 Å². The molecule has 22 heavy (non-hydrogen) atoms. The lowest BCUT2D eigenvalue weighted by Crippen LogP contribution is -2.11. The van der Waals surface area contributed by atoms with Crippen LogP contribution in [0, 0.1) is 0 Å². The number of hydrogen-bond donors (Lipinski definition) is 1. The maximum atomic E-state index is 6.26. The standard InChI is InChI=1S/C15H11ClN4OS/c16-10-5-2-1-4-9(10)11-8-18-15-20(11)19-14(22-15)13(17)12-6-3-7-21-12/h1-8,13H,17H2. The Morgan fingerprint density at radius 1 is 1.23 bits per heavy atom. The molecule has 0 aliphatic rings. The smallest absolute Gasteiger partial charge is 0.212 e. The average molecular weight is 331 g/mol. The molecule has 4 rings (SSSR count). The van der Waals surface area contributed by atoms with Gasteiger partial charge in [-0.2, -0.15) is 5.10 Å². The molecule has 0 amide bonds. The molecular weight excluding hydrogens is 320 g/mol. The van der Waals surface area contributed by atoms with E-state index in [-0.39, 0.29) is 0 Å². The molecule has 0 bridgehead atoms. The maximum Gasteiger partial charge on any atom is 0.212 e. The largest absolute Gasteiger partial charge is 0.467 e. The van der Waals surface area contributed by atoms with Gasteiger partial charge < -0.3 is 10.2 Å². The van der Waals surface area contributed by atoms with E-state index in [0.29, 0.717) is 10.8 Å². The van der Waals surface area contributed by atoms with Gasteiger partial charge in [-0.1, -0.05) is 41.1 Å². The second kappa shape index (κ2) is 5.24. The van der Waals surface area contributed by atoms with Crippen molar-refractivity contribution in [3.63, 3.8) is 0 Å². The summed E-state index contributed by atoms with van der Waals surface area (Å²) >= 11 is 7.70. The normalized spacial score (nSPS) is 12.8. The zero-order chi connectivity index (χ0) is 15.1. The fraction of sp³-hybridized carbons (Fsp3) is 0.0667. The summed E-state index contributed by atoms with van der Waals surface area (Å²) in [6.07, 6.45) is 3.37. The first kappa shape index (κ1) is 13.5. The Balaban J connectivity index is 1.82. The summed E-state index contributed by atoms with van der Waals surface area (Å²) in [5.41, 5.74) is 7.92. The number of hydrogen-bond acceptors (Lipinski definition) is 5. The van der Waals surface area contributed by atoms with E-state index >= 15 is 0 Å². The van der Waals surface area contributed by atoms with Crippen molar-refractivity contribution >= 4 is 27.9 Å². The van der Waals surface area contributed by atoms with Gasteiger partial charge in [-0.05, 0) is 18.2 Å². The summed E-state index contributed by atoms with van der Waals surface area (Å²) < 4.78 is 7.12. The third-order valence-corrected chi connectivity index (χ3v) is 4.70. The van der Waals surface area contributed by atoms with Crippen LogP contribution in [0.15, 0.2) is 53.3 Å². The lowest BCUT2D eigenvalue weighted by atomic mass is 10.2. The molecule has 1 atom stereocenters. The zero-order valence-corrected chi connectivity index (χ0v) is 12.9. The van der Waals surface area contributed by atoms with Crippen LogP contribution in [0.3, 0.4) is 0 Å². The fourth-order valence-corrected chi connectivity index (χ4v) is 3.39. The molecule has 4 aromatic rings. The van der Waals surface area contributed by atoms with Gasteiger partial charge in [0, 0.05) is 5.56 Å². The minimum atomic E-state index is -0.402. The number of nitrogens with zero attached hydrogens (tertiary/aromatic N) is 3. The molecule has 0 saturated heterocycles. The van der Waals surface area contributed by atoms with E-state index < -0.39 is 6.04 Å². The van der Waals surface area contributed by atoms with Crippen molar-refractivity contribution in [1.29, 1.82) is 0 Å². The maximum absolute atomic E-state index is 6.26. The van der Waals surface area contributed by atoms with Crippen LogP contribution in [0.2, 0.25) is 5.02 Å². The number of halogens is 1. The second-order valence-electron chi connectivity index (χ2n) is 4.75. The molecule has 7 heteroatoms. The Morgan fingerprint density at radius 3 is 2.86 bits per heavy atom. The van der Waals surface area contributed by atoms with Crippen molar-refractivity contribution < 1.29 is 4.42 Å². The molecule has 3 heterocycles. The van der Waals surface area contributed by atoms with E-state index in [9.17, 15) is 0 Å². The van der Waals surface area contributed by atoms with Crippen molar-refractivity contribution in [3.05, 3.63) is 64.6 Å². The third-order valence-electron chi connectivity index (χ3n) is 3.37. The number of nitrogens with two attached hydrogens (primary N) is 1. The van der Waals surface area contributed by atoms with E-state index in [0.717, 1.165) is 21.2 Å². The number of imidazole rings is 1. The Kier molecular flexibility index (Phi) is 3.22. The third kappa shape index (κ3) is 2.12. The Bertz CT molecular complexity index is 928. The van der Waals surface area contributed by atoms with Crippen molar-refractivity contribution in [2.24, 2.45) is 5.73 Å². The number of furan rings is 1. The second-order valence-corrected chi connectivity index (χ2v) is 6.15. The summed E-state index contributed by atoms with van der Waals surface area (Å²) in [7, 11) is 0. The highest BCUT2D eigenvalue weighted by Gasteiger charge is 2.19. The minimum absolute atomic E-state index is 0.402. The highest BCUT2D eigenvalue weighted by Crippen LogP contribution is 2.31. The van der Waals surface area contributed by atoms with Crippen LogP contribution in [-0.4, -0.2) is 14.6 Å². The molecule has 0 saturated carbocycles. The summed E-state index contributed by atoms with van der Waals surface area (Å²) in [6.45, 7) is 0. The predicted octanol–water partition coefficient (Wildman–Crippen LogP) is 3.75. The van der Waals surface area contributed by atoms with Gasteiger partial charge in [0.1, 0.15) is 16.8 Å². The summed E-state index contributed by atoms with van der Waals surface area (Å²) in [5.74, 6) is 0.677. The molecular formula is C15H11ClN4OS. The van der Waals surface area contributed by atoms with Gasteiger partial charge in [-0.3, -0.25) is 0 Å². The van der Waals surface area contributed by atoms with Gasteiger partial charge in [-0.15, -0.1) is 0 Å². The predicted molar refractivity (Wildman–Crippen MR) is 86.0 cm³/mol. The van der Waals surface area contributed by atoms with Gasteiger partial charge in [0.25, 0.3) is 0 Å². The minimum Gasteiger partial charge on any atom is -0.467 e. The van der Waals surface area contributed by atoms with Crippen LogP contribution in [0.1, 0.15) is 16.8 Å². The van der Waals surface area contributed by atoms with Gasteiger partial charge >= 0.3 is 0 Å². The Labute approximate surface area is 135 Å². The first-order valence-corrected chi connectivity index (χ1v) is 7.82. The molecule has 0 aliphatic heterocycles. The highest BCUT2D eigenvalue weighted by molar-refractivity contribution is 7.16. The van der Waals surface area contributed by atoms with E-state index in [1.807, 2.05) is 36.4 Å². The first-order chi connectivity index (χ1) is 10.7. The zero-order valence-electron chi connectivity index (χ0n) is 11.3. The number of rotatable bonds is 3. The molecule has 2 N–H and O–H groups in total. The van der Waals surface area contributed by atoms with Crippen LogP contribution in [0.5, 0.6) is 0 Å². The van der Waals surface area contributed by atoms with E-state index in [1.165, 1.54) is 11.3 Å². The van der Waals surface area contributed by atoms with Gasteiger partial charge in [0.05, 0.1) is 23.2 Å². The molecule has 1 unspecified atom stereocenters. The lowest BCUT2D eigenvalue weighted by molar-refractivity contribution is 0.488. The van der Waals surface area contributed by atoms with Crippen molar-refractivity contribution in [2.45, 2.75) is 6.04 Å². The molecule has 110 valence electrons. The van der Waals surface area contributed by atoms with Crippen molar-refractivity contribution in [2.75, 3.05) is 0 Å².